The first-order chi connectivity index (χ1) is 10.1. The van der Waals surface area contributed by atoms with Crippen LogP contribution < -0.4 is 5.32 Å². The van der Waals surface area contributed by atoms with Gasteiger partial charge in [-0.25, -0.2) is 0 Å². The molecule has 21 heavy (non-hydrogen) atoms. The van der Waals surface area contributed by atoms with Crippen LogP contribution in [0, 0.1) is 22.0 Å². The molecule has 0 unspecified atom stereocenters. The summed E-state index contributed by atoms with van der Waals surface area (Å²) in [7, 11) is 0. The zero-order valence-corrected chi connectivity index (χ0v) is 11.7. The first-order valence-corrected chi connectivity index (χ1v) is 7.35. The molecule has 0 radical (unpaired) electrons. The van der Waals surface area contributed by atoms with Crippen molar-refractivity contribution in [2.75, 3.05) is 0 Å². The van der Waals surface area contributed by atoms with E-state index < -0.39 is 4.92 Å². The molecule has 110 valence electrons. The molecule has 0 heterocycles. The fraction of sp³-hybridized carbons (Fsp3) is 0.438. The number of rotatable bonds is 4. The van der Waals surface area contributed by atoms with Crippen molar-refractivity contribution in [2.24, 2.45) is 11.8 Å². The Bertz CT molecular complexity index is 597. The number of nitro groups is 1. The predicted molar refractivity (Wildman–Crippen MR) is 79.5 cm³/mol. The van der Waals surface area contributed by atoms with E-state index in [0.717, 1.165) is 12.3 Å². The molecule has 3 rings (SSSR count). The van der Waals surface area contributed by atoms with Crippen molar-refractivity contribution < 1.29 is 9.72 Å². The zero-order valence-electron chi connectivity index (χ0n) is 11.7. The Kier molecular flexibility index (Phi) is 3.73. The third kappa shape index (κ3) is 3.12. The molecule has 0 spiro atoms. The van der Waals surface area contributed by atoms with E-state index in [1.54, 1.807) is 18.2 Å². The van der Waals surface area contributed by atoms with Crippen LogP contribution in [0.1, 0.15) is 31.2 Å². The summed E-state index contributed by atoms with van der Waals surface area (Å²) < 4.78 is 0. The molecule has 2 bridgehead atoms. The third-order valence-corrected chi connectivity index (χ3v) is 4.57. The van der Waals surface area contributed by atoms with Crippen LogP contribution in [0.15, 0.2) is 30.3 Å². The van der Waals surface area contributed by atoms with E-state index >= 15 is 0 Å². The summed E-state index contributed by atoms with van der Waals surface area (Å²) in [6.07, 6.45) is 7.96. The van der Waals surface area contributed by atoms with Crippen LogP contribution in [-0.2, 0) is 4.79 Å². The van der Waals surface area contributed by atoms with Gasteiger partial charge in [-0.1, -0.05) is 18.6 Å². The van der Waals surface area contributed by atoms with Crippen molar-refractivity contribution in [2.45, 2.75) is 31.7 Å². The summed E-state index contributed by atoms with van der Waals surface area (Å²) in [5, 5.41) is 13.8. The largest absolute Gasteiger partial charge is 0.350 e. The second-order valence-electron chi connectivity index (χ2n) is 5.98. The predicted octanol–water partition coefficient (Wildman–Crippen LogP) is 2.91. The second kappa shape index (κ2) is 5.68. The fourth-order valence-electron chi connectivity index (χ4n) is 3.57. The number of carbonyl (C=O) groups is 1. The molecule has 0 aromatic heterocycles. The highest BCUT2D eigenvalue weighted by molar-refractivity contribution is 5.92. The van der Waals surface area contributed by atoms with Crippen LogP contribution in [-0.4, -0.2) is 16.9 Å². The molecule has 3 atom stereocenters. The highest BCUT2D eigenvalue weighted by Gasteiger charge is 2.39. The average molecular weight is 286 g/mol. The van der Waals surface area contributed by atoms with Gasteiger partial charge in [0.2, 0.25) is 5.91 Å². The summed E-state index contributed by atoms with van der Waals surface area (Å²) >= 11 is 0. The highest BCUT2D eigenvalue weighted by Crippen LogP contribution is 2.44. The molecule has 2 saturated carbocycles. The minimum absolute atomic E-state index is 0.0330. The number of nitrogens with one attached hydrogen (secondary N) is 1. The fourth-order valence-corrected chi connectivity index (χ4v) is 3.57. The van der Waals surface area contributed by atoms with Gasteiger partial charge in [0, 0.05) is 24.3 Å². The summed E-state index contributed by atoms with van der Waals surface area (Å²) in [6, 6.07) is 6.57. The molecule has 2 aliphatic carbocycles. The molecule has 2 aliphatic rings. The molecule has 1 aromatic rings. The molecular formula is C16H18N2O3. The molecule has 5 nitrogen and oxygen atoms in total. The summed E-state index contributed by atoms with van der Waals surface area (Å²) in [5.41, 5.74) is 0.693. The molecule has 1 N–H and O–H groups in total. The summed E-state index contributed by atoms with van der Waals surface area (Å²) in [6.45, 7) is 0. The Morgan fingerprint density at radius 3 is 2.86 bits per heavy atom. The summed E-state index contributed by atoms with van der Waals surface area (Å²) in [5.74, 6) is 1.32. The van der Waals surface area contributed by atoms with Gasteiger partial charge in [0.15, 0.2) is 0 Å². The Labute approximate surface area is 123 Å². The van der Waals surface area contributed by atoms with E-state index in [2.05, 4.69) is 5.32 Å². The van der Waals surface area contributed by atoms with Crippen molar-refractivity contribution in [3.05, 3.63) is 46.0 Å². The lowest BCUT2D eigenvalue weighted by molar-refractivity contribution is -0.384. The molecule has 5 heteroatoms. The second-order valence-corrected chi connectivity index (χ2v) is 5.98. The number of nitrogens with zero attached hydrogens (tertiary/aromatic N) is 1. The van der Waals surface area contributed by atoms with Crippen molar-refractivity contribution in [1.29, 1.82) is 0 Å². The Morgan fingerprint density at radius 1 is 1.33 bits per heavy atom. The van der Waals surface area contributed by atoms with E-state index in [4.69, 9.17) is 0 Å². The van der Waals surface area contributed by atoms with Gasteiger partial charge >= 0.3 is 0 Å². The minimum Gasteiger partial charge on any atom is -0.350 e. The highest BCUT2D eigenvalue weighted by atomic mass is 16.6. The standard InChI is InChI=1S/C16H18N2O3/c19-16(17-15-10-12-4-6-13(15)8-12)7-5-11-2-1-3-14(9-11)18(20)21/h1-3,5,7,9,12-13,15H,4,6,8,10H2,(H,17,19)/b7-5+/t12-,13-,15-/m0/s1. The van der Waals surface area contributed by atoms with Crippen LogP contribution in [0.25, 0.3) is 6.08 Å². The van der Waals surface area contributed by atoms with E-state index in [9.17, 15) is 14.9 Å². The average Bonchev–Trinajstić information content (AvgIpc) is 3.08. The number of amides is 1. The third-order valence-electron chi connectivity index (χ3n) is 4.57. The number of fused-ring (bicyclic) bond motifs is 2. The lowest BCUT2D eigenvalue weighted by Crippen LogP contribution is -2.37. The van der Waals surface area contributed by atoms with Crippen LogP contribution >= 0.6 is 0 Å². The lowest BCUT2D eigenvalue weighted by Gasteiger charge is -2.22. The van der Waals surface area contributed by atoms with Gasteiger partial charge in [-0.05, 0) is 42.7 Å². The normalized spacial score (nSPS) is 27.1. The van der Waals surface area contributed by atoms with Gasteiger partial charge in [-0.3, -0.25) is 14.9 Å². The van der Waals surface area contributed by atoms with Gasteiger partial charge in [-0.2, -0.15) is 0 Å². The van der Waals surface area contributed by atoms with Gasteiger partial charge in [0.25, 0.3) is 5.69 Å². The molecule has 1 aromatic carbocycles. The quantitative estimate of drug-likeness (QED) is 0.525. The number of benzene rings is 1. The maximum Gasteiger partial charge on any atom is 0.270 e. The van der Waals surface area contributed by atoms with Gasteiger partial charge in [0.1, 0.15) is 0 Å². The van der Waals surface area contributed by atoms with Crippen molar-refractivity contribution in [1.82, 2.24) is 5.32 Å². The lowest BCUT2D eigenvalue weighted by atomic mass is 9.95. The smallest absolute Gasteiger partial charge is 0.270 e. The first-order valence-electron chi connectivity index (χ1n) is 7.35. The molecule has 0 saturated heterocycles. The Morgan fingerprint density at radius 2 is 2.19 bits per heavy atom. The van der Waals surface area contributed by atoms with Crippen LogP contribution in [0.2, 0.25) is 0 Å². The van der Waals surface area contributed by atoms with Crippen LogP contribution in [0.3, 0.4) is 0 Å². The Hall–Kier alpha value is -2.17. The van der Waals surface area contributed by atoms with Gasteiger partial charge in [-0.15, -0.1) is 0 Å². The number of carbonyl (C=O) groups excluding carboxylic acids is 1. The molecule has 1 amide bonds. The maximum absolute atomic E-state index is 11.9. The van der Waals surface area contributed by atoms with E-state index in [-0.39, 0.29) is 11.6 Å². The molecule has 0 aliphatic heterocycles. The van der Waals surface area contributed by atoms with Crippen LogP contribution in [0.5, 0.6) is 0 Å². The maximum atomic E-state index is 11.9. The molecule has 2 fully saturated rings. The SMILES string of the molecule is O=C(/C=C/c1cccc([N+](=O)[O-])c1)N[C@H]1C[C@H]2CC[C@H]1C2. The van der Waals surface area contributed by atoms with Crippen LogP contribution in [0.4, 0.5) is 5.69 Å². The van der Waals surface area contributed by atoms with Gasteiger partial charge < -0.3 is 5.32 Å². The summed E-state index contributed by atoms with van der Waals surface area (Å²) in [4.78, 5) is 22.2. The van der Waals surface area contributed by atoms with E-state index in [1.165, 1.54) is 37.5 Å². The number of non-ortho nitro benzene ring substituents is 1. The van der Waals surface area contributed by atoms with Gasteiger partial charge in [0.05, 0.1) is 4.92 Å². The number of hydrogen-bond donors (Lipinski definition) is 1. The molecular weight excluding hydrogens is 268 g/mol. The van der Waals surface area contributed by atoms with Crippen molar-refractivity contribution in [3.63, 3.8) is 0 Å². The van der Waals surface area contributed by atoms with E-state index in [1.807, 2.05) is 0 Å². The zero-order chi connectivity index (χ0) is 14.8. The minimum atomic E-state index is -0.438. The number of hydrogen-bond acceptors (Lipinski definition) is 3. The number of nitro benzene ring substituents is 1. The monoisotopic (exact) mass is 286 g/mol. The van der Waals surface area contributed by atoms with E-state index in [0.29, 0.717) is 17.5 Å². The Balaban J connectivity index is 1.59. The van der Waals surface area contributed by atoms with Crippen molar-refractivity contribution in [3.8, 4) is 0 Å². The van der Waals surface area contributed by atoms with Crippen molar-refractivity contribution >= 4 is 17.7 Å². The first kappa shape index (κ1) is 13.8. The topological polar surface area (TPSA) is 72.2 Å².